The lowest BCUT2D eigenvalue weighted by Gasteiger charge is -2.08. The number of sulfonamides is 1. The van der Waals surface area contributed by atoms with E-state index in [2.05, 4.69) is 9.71 Å². The number of hydrogen-bond acceptors (Lipinski definition) is 4. The topological polar surface area (TPSA) is 79.3 Å². The molecule has 0 aliphatic heterocycles. The molecule has 0 saturated heterocycles. The Morgan fingerprint density at radius 1 is 1.22 bits per heavy atom. The fraction of sp³-hybridized carbons (Fsp3) is 0. The van der Waals surface area contributed by atoms with Gasteiger partial charge in [0.05, 0.1) is 9.92 Å². The first-order valence-corrected chi connectivity index (χ1v) is 6.77. The van der Waals surface area contributed by atoms with Gasteiger partial charge in [-0.2, -0.15) is 0 Å². The molecule has 0 radical (unpaired) electrons. The number of phenols is 1. The SMILES string of the molecule is O=S(=O)(Nc1ncccc1Cl)c1cccc(O)c1. The molecule has 0 fully saturated rings. The number of aromatic hydroxyl groups is 1. The maximum atomic E-state index is 12.0. The molecule has 1 aromatic carbocycles. The average Bonchev–Trinajstić information content (AvgIpc) is 2.32. The number of rotatable bonds is 3. The molecule has 0 bridgehead atoms. The van der Waals surface area contributed by atoms with Crippen LogP contribution >= 0.6 is 11.6 Å². The van der Waals surface area contributed by atoms with Crippen molar-refractivity contribution < 1.29 is 13.5 Å². The molecule has 2 aromatic rings. The molecule has 2 rings (SSSR count). The maximum absolute atomic E-state index is 12.0. The predicted octanol–water partition coefficient (Wildman–Crippen LogP) is 2.24. The first-order chi connectivity index (χ1) is 8.49. The summed E-state index contributed by atoms with van der Waals surface area (Å²) >= 11 is 5.81. The van der Waals surface area contributed by atoms with Crippen LogP contribution in [-0.2, 0) is 10.0 Å². The number of hydrogen-bond donors (Lipinski definition) is 2. The second-order valence-corrected chi connectivity index (χ2v) is 5.53. The van der Waals surface area contributed by atoms with Gasteiger partial charge in [0.1, 0.15) is 5.75 Å². The van der Waals surface area contributed by atoms with Gasteiger partial charge in [0.2, 0.25) is 0 Å². The lowest BCUT2D eigenvalue weighted by molar-refractivity contribution is 0.473. The number of aromatic nitrogens is 1. The van der Waals surface area contributed by atoms with Gasteiger partial charge in [-0.25, -0.2) is 13.4 Å². The van der Waals surface area contributed by atoms with Crippen molar-refractivity contribution in [2.75, 3.05) is 4.72 Å². The summed E-state index contributed by atoms with van der Waals surface area (Å²) < 4.78 is 26.2. The highest BCUT2D eigenvalue weighted by molar-refractivity contribution is 7.92. The fourth-order valence-corrected chi connectivity index (χ4v) is 2.59. The van der Waals surface area contributed by atoms with Gasteiger partial charge in [0.25, 0.3) is 10.0 Å². The van der Waals surface area contributed by atoms with Crippen molar-refractivity contribution in [2.45, 2.75) is 4.90 Å². The molecule has 0 saturated carbocycles. The van der Waals surface area contributed by atoms with E-state index in [1.807, 2.05) is 0 Å². The molecule has 0 aliphatic rings. The van der Waals surface area contributed by atoms with Crippen LogP contribution in [0.3, 0.4) is 0 Å². The van der Waals surface area contributed by atoms with Gasteiger partial charge in [-0.1, -0.05) is 17.7 Å². The van der Waals surface area contributed by atoms with Gasteiger partial charge >= 0.3 is 0 Å². The van der Waals surface area contributed by atoms with Gasteiger partial charge in [0.15, 0.2) is 5.82 Å². The minimum absolute atomic E-state index is 0.0440. The van der Waals surface area contributed by atoms with Crippen LogP contribution in [0.4, 0.5) is 5.82 Å². The van der Waals surface area contributed by atoms with Crippen LogP contribution in [0.25, 0.3) is 0 Å². The molecule has 1 aromatic heterocycles. The summed E-state index contributed by atoms with van der Waals surface area (Å²) in [5, 5.41) is 9.46. The Kier molecular flexibility index (Phi) is 3.40. The highest BCUT2D eigenvalue weighted by Crippen LogP contribution is 2.22. The van der Waals surface area contributed by atoms with Gasteiger partial charge in [-0.05, 0) is 24.3 Å². The largest absolute Gasteiger partial charge is 0.508 e. The Labute approximate surface area is 109 Å². The summed E-state index contributed by atoms with van der Waals surface area (Å²) in [6.45, 7) is 0. The van der Waals surface area contributed by atoms with Crippen molar-refractivity contribution in [2.24, 2.45) is 0 Å². The second kappa shape index (κ2) is 4.83. The van der Waals surface area contributed by atoms with E-state index < -0.39 is 10.0 Å². The molecular weight excluding hydrogens is 276 g/mol. The molecule has 0 aliphatic carbocycles. The van der Waals surface area contributed by atoms with E-state index in [-0.39, 0.29) is 21.5 Å². The van der Waals surface area contributed by atoms with Crippen LogP contribution in [0.5, 0.6) is 5.75 Å². The molecule has 0 amide bonds. The van der Waals surface area contributed by atoms with E-state index in [4.69, 9.17) is 11.6 Å². The van der Waals surface area contributed by atoms with Crippen molar-refractivity contribution in [1.82, 2.24) is 4.98 Å². The van der Waals surface area contributed by atoms with Crippen LogP contribution in [0, 0.1) is 0 Å². The Balaban J connectivity index is 2.37. The van der Waals surface area contributed by atoms with Crippen molar-refractivity contribution in [3.8, 4) is 5.75 Å². The number of benzene rings is 1. The van der Waals surface area contributed by atoms with Crippen LogP contribution < -0.4 is 4.72 Å². The molecule has 0 spiro atoms. The minimum atomic E-state index is -3.82. The molecule has 1 heterocycles. The smallest absolute Gasteiger partial charge is 0.263 e. The van der Waals surface area contributed by atoms with E-state index >= 15 is 0 Å². The van der Waals surface area contributed by atoms with Gasteiger partial charge in [-0.3, -0.25) is 4.72 Å². The Hall–Kier alpha value is -1.79. The highest BCUT2D eigenvalue weighted by atomic mass is 35.5. The Bertz CT molecular complexity index is 673. The van der Waals surface area contributed by atoms with Crippen molar-refractivity contribution in [3.05, 3.63) is 47.6 Å². The Morgan fingerprint density at radius 2 is 2.00 bits per heavy atom. The quantitative estimate of drug-likeness (QED) is 0.906. The van der Waals surface area contributed by atoms with Crippen molar-refractivity contribution in [3.63, 3.8) is 0 Å². The van der Waals surface area contributed by atoms with Crippen LogP contribution in [0.1, 0.15) is 0 Å². The standard InChI is InChI=1S/C11H9ClN2O3S/c12-10-5-2-6-13-11(10)14-18(16,17)9-4-1-3-8(15)7-9/h1-7,15H,(H,13,14). The van der Waals surface area contributed by atoms with E-state index in [0.29, 0.717) is 0 Å². The summed E-state index contributed by atoms with van der Waals surface area (Å²) in [5.41, 5.74) is 0. The van der Waals surface area contributed by atoms with Crippen LogP contribution in [0.2, 0.25) is 5.02 Å². The van der Waals surface area contributed by atoms with Crippen molar-refractivity contribution >= 4 is 27.4 Å². The first kappa shape index (κ1) is 12.7. The molecule has 94 valence electrons. The fourth-order valence-electron chi connectivity index (χ4n) is 1.30. The summed E-state index contributed by atoms with van der Waals surface area (Å²) in [4.78, 5) is 3.76. The lowest BCUT2D eigenvalue weighted by Crippen LogP contribution is -2.14. The first-order valence-electron chi connectivity index (χ1n) is 4.91. The summed E-state index contributed by atoms with van der Waals surface area (Å²) in [5.74, 6) is -0.0903. The number of halogens is 1. The summed E-state index contributed by atoms with van der Waals surface area (Å²) in [7, 11) is -3.82. The number of anilines is 1. The van der Waals surface area contributed by atoms with Crippen LogP contribution in [-0.4, -0.2) is 18.5 Å². The van der Waals surface area contributed by atoms with E-state index in [1.54, 1.807) is 6.07 Å². The van der Waals surface area contributed by atoms with E-state index in [9.17, 15) is 13.5 Å². The number of nitrogens with one attached hydrogen (secondary N) is 1. The minimum Gasteiger partial charge on any atom is -0.508 e. The van der Waals surface area contributed by atoms with E-state index in [1.165, 1.54) is 30.5 Å². The molecular formula is C11H9ClN2O3S. The molecule has 2 N–H and O–H groups in total. The maximum Gasteiger partial charge on any atom is 0.263 e. The summed E-state index contributed by atoms with van der Waals surface area (Å²) in [6, 6.07) is 8.43. The third-order valence-corrected chi connectivity index (χ3v) is 3.76. The zero-order valence-corrected chi connectivity index (χ0v) is 10.6. The second-order valence-electron chi connectivity index (χ2n) is 3.44. The van der Waals surface area contributed by atoms with Gasteiger partial charge in [-0.15, -0.1) is 0 Å². The van der Waals surface area contributed by atoms with Crippen LogP contribution in [0.15, 0.2) is 47.5 Å². The molecule has 0 atom stereocenters. The average molecular weight is 285 g/mol. The number of pyridine rings is 1. The van der Waals surface area contributed by atoms with Gasteiger partial charge < -0.3 is 5.11 Å². The Morgan fingerprint density at radius 3 is 2.67 bits per heavy atom. The zero-order valence-electron chi connectivity index (χ0n) is 9.04. The predicted molar refractivity (Wildman–Crippen MR) is 68.2 cm³/mol. The third kappa shape index (κ3) is 2.72. The number of phenolic OH excluding ortho intramolecular Hbond substituents is 1. The zero-order chi connectivity index (χ0) is 13.2. The third-order valence-electron chi connectivity index (χ3n) is 2.12. The van der Waals surface area contributed by atoms with Crippen molar-refractivity contribution in [1.29, 1.82) is 0 Å². The van der Waals surface area contributed by atoms with E-state index in [0.717, 1.165) is 6.07 Å². The normalized spacial score (nSPS) is 11.2. The lowest BCUT2D eigenvalue weighted by atomic mass is 10.3. The summed E-state index contributed by atoms with van der Waals surface area (Å²) in [6.07, 6.45) is 1.42. The monoisotopic (exact) mass is 284 g/mol. The van der Waals surface area contributed by atoms with Gasteiger partial charge in [0, 0.05) is 12.3 Å². The molecule has 5 nitrogen and oxygen atoms in total. The molecule has 18 heavy (non-hydrogen) atoms. The highest BCUT2D eigenvalue weighted by Gasteiger charge is 2.16. The molecule has 7 heteroatoms. The number of nitrogens with zero attached hydrogens (tertiary/aromatic N) is 1. The molecule has 0 unspecified atom stereocenters.